The van der Waals surface area contributed by atoms with Crippen molar-refractivity contribution in [3.8, 4) is 0 Å². The minimum atomic E-state index is -0.0133. The van der Waals surface area contributed by atoms with E-state index < -0.39 is 0 Å². The maximum atomic E-state index is 11.2. The Morgan fingerprint density at radius 2 is 2.54 bits per heavy atom. The van der Waals surface area contributed by atoms with Gasteiger partial charge in [-0.15, -0.1) is 0 Å². The summed E-state index contributed by atoms with van der Waals surface area (Å²) in [5.41, 5.74) is 1.58. The van der Waals surface area contributed by atoms with E-state index in [0.717, 1.165) is 12.3 Å². The highest BCUT2D eigenvalue weighted by Crippen LogP contribution is 2.50. The number of carbonyl (C=O) groups excluding carboxylic acids is 1. The average molecular weight is 180 g/mol. The largest absolute Gasteiger partial charge is 0.466 e. The predicted molar refractivity (Wildman–Crippen MR) is 50.2 cm³/mol. The lowest BCUT2D eigenvalue weighted by Gasteiger charge is -2.16. The summed E-state index contributed by atoms with van der Waals surface area (Å²) in [6, 6.07) is 0. The van der Waals surface area contributed by atoms with Gasteiger partial charge in [-0.1, -0.05) is 11.6 Å². The van der Waals surface area contributed by atoms with Crippen LogP contribution in [-0.2, 0) is 9.53 Å². The molecule has 72 valence electrons. The molecule has 1 saturated carbocycles. The second kappa shape index (κ2) is 3.52. The first-order chi connectivity index (χ1) is 6.31. The van der Waals surface area contributed by atoms with Crippen LogP contribution in [0.5, 0.6) is 0 Å². The van der Waals surface area contributed by atoms with Gasteiger partial charge in [0.2, 0.25) is 0 Å². The molecule has 0 aromatic heterocycles. The van der Waals surface area contributed by atoms with Gasteiger partial charge in [0.05, 0.1) is 6.61 Å². The molecule has 0 saturated heterocycles. The molecule has 0 aromatic carbocycles. The topological polar surface area (TPSA) is 26.3 Å². The molecule has 0 N–H and O–H groups in total. The molecular weight excluding hydrogens is 164 g/mol. The van der Waals surface area contributed by atoms with Crippen LogP contribution in [0.4, 0.5) is 0 Å². The first-order valence-electron chi connectivity index (χ1n) is 5.15. The minimum Gasteiger partial charge on any atom is -0.466 e. The van der Waals surface area contributed by atoms with Crippen molar-refractivity contribution in [1.82, 2.24) is 0 Å². The second-order valence-electron chi connectivity index (χ2n) is 3.94. The van der Waals surface area contributed by atoms with E-state index in [-0.39, 0.29) is 5.97 Å². The summed E-state index contributed by atoms with van der Waals surface area (Å²) in [5, 5.41) is 0. The summed E-state index contributed by atoms with van der Waals surface area (Å²) in [5.74, 6) is 1.30. The quantitative estimate of drug-likeness (QED) is 0.492. The molecule has 2 heteroatoms. The fourth-order valence-electron chi connectivity index (χ4n) is 2.26. The molecule has 13 heavy (non-hydrogen) atoms. The molecule has 0 heterocycles. The molecule has 2 nitrogen and oxygen atoms in total. The molecule has 0 aromatic rings. The third kappa shape index (κ3) is 1.93. The van der Waals surface area contributed by atoms with Gasteiger partial charge >= 0.3 is 5.97 Å². The minimum absolute atomic E-state index is 0.0133. The number of hydrogen-bond acceptors (Lipinski definition) is 2. The number of allylic oxidation sites excluding steroid dienone is 2. The third-order valence-electron chi connectivity index (χ3n) is 3.02. The van der Waals surface area contributed by atoms with Crippen LogP contribution in [0.3, 0.4) is 0 Å². The SMILES string of the molecule is CCOC(=O)CC1CCC=C2CC21. The molecule has 2 aliphatic carbocycles. The lowest BCUT2D eigenvalue weighted by atomic mass is 9.90. The van der Waals surface area contributed by atoms with E-state index in [1.54, 1.807) is 5.57 Å². The van der Waals surface area contributed by atoms with Crippen LogP contribution in [0.1, 0.15) is 32.6 Å². The summed E-state index contributed by atoms with van der Waals surface area (Å²) in [4.78, 5) is 11.2. The molecule has 0 spiro atoms. The van der Waals surface area contributed by atoms with E-state index >= 15 is 0 Å². The Morgan fingerprint density at radius 3 is 3.31 bits per heavy atom. The van der Waals surface area contributed by atoms with Gasteiger partial charge in [-0.3, -0.25) is 4.79 Å². The highest BCUT2D eigenvalue weighted by molar-refractivity contribution is 5.70. The zero-order valence-corrected chi connectivity index (χ0v) is 8.08. The Labute approximate surface area is 79.0 Å². The number of carbonyl (C=O) groups is 1. The zero-order chi connectivity index (χ0) is 9.26. The maximum absolute atomic E-state index is 11.2. The van der Waals surface area contributed by atoms with Crippen molar-refractivity contribution in [1.29, 1.82) is 0 Å². The number of rotatable bonds is 3. The lowest BCUT2D eigenvalue weighted by Crippen LogP contribution is -2.14. The van der Waals surface area contributed by atoms with Crippen LogP contribution in [0.25, 0.3) is 0 Å². The van der Waals surface area contributed by atoms with Crippen LogP contribution < -0.4 is 0 Å². The molecule has 2 unspecified atom stereocenters. The maximum Gasteiger partial charge on any atom is 0.306 e. The van der Waals surface area contributed by atoms with Crippen molar-refractivity contribution in [2.45, 2.75) is 32.6 Å². The highest BCUT2D eigenvalue weighted by atomic mass is 16.5. The Morgan fingerprint density at radius 1 is 1.69 bits per heavy atom. The van der Waals surface area contributed by atoms with Gasteiger partial charge in [-0.25, -0.2) is 0 Å². The monoisotopic (exact) mass is 180 g/mol. The van der Waals surface area contributed by atoms with Gasteiger partial charge in [0, 0.05) is 6.42 Å². The Bertz CT molecular complexity index is 242. The van der Waals surface area contributed by atoms with Crippen molar-refractivity contribution < 1.29 is 9.53 Å². The van der Waals surface area contributed by atoms with E-state index in [2.05, 4.69) is 6.08 Å². The number of hydrogen-bond donors (Lipinski definition) is 0. The van der Waals surface area contributed by atoms with Gasteiger partial charge in [-0.2, -0.15) is 0 Å². The molecule has 2 atom stereocenters. The Balaban J connectivity index is 1.82. The van der Waals surface area contributed by atoms with E-state index in [0.29, 0.717) is 18.9 Å². The molecule has 2 rings (SSSR count). The summed E-state index contributed by atoms with van der Waals surface area (Å²) in [7, 11) is 0. The van der Waals surface area contributed by atoms with Gasteiger partial charge in [0.15, 0.2) is 0 Å². The molecule has 2 aliphatic rings. The molecule has 0 radical (unpaired) electrons. The van der Waals surface area contributed by atoms with Crippen molar-refractivity contribution in [2.24, 2.45) is 11.8 Å². The fourth-order valence-corrected chi connectivity index (χ4v) is 2.26. The Hall–Kier alpha value is -0.790. The summed E-state index contributed by atoms with van der Waals surface area (Å²) in [6.45, 7) is 2.38. The highest BCUT2D eigenvalue weighted by Gasteiger charge is 2.39. The first kappa shape index (κ1) is 8.79. The molecule has 0 bridgehead atoms. The number of fused-ring (bicyclic) bond motifs is 1. The summed E-state index contributed by atoms with van der Waals surface area (Å²) in [6.07, 6.45) is 6.55. The van der Waals surface area contributed by atoms with Crippen LogP contribution >= 0.6 is 0 Å². The normalized spacial score (nSPS) is 30.4. The van der Waals surface area contributed by atoms with Crippen LogP contribution in [-0.4, -0.2) is 12.6 Å². The van der Waals surface area contributed by atoms with E-state index in [1.807, 2.05) is 6.92 Å². The van der Waals surface area contributed by atoms with Crippen molar-refractivity contribution in [3.05, 3.63) is 11.6 Å². The average Bonchev–Trinajstić information content (AvgIpc) is 2.84. The zero-order valence-electron chi connectivity index (χ0n) is 8.08. The smallest absolute Gasteiger partial charge is 0.306 e. The van der Waals surface area contributed by atoms with Crippen molar-refractivity contribution in [3.63, 3.8) is 0 Å². The predicted octanol–water partition coefficient (Wildman–Crippen LogP) is 2.30. The van der Waals surface area contributed by atoms with Gasteiger partial charge in [-0.05, 0) is 38.0 Å². The fraction of sp³-hybridized carbons (Fsp3) is 0.727. The molecule has 0 amide bonds. The number of ether oxygens (including phenoxy) is 1. The standard InChI is InChI=1S/C11H16O2/c1-2-13-11(12)7-9-5-3-4-8-6-10(8)9/h4,9-10H,2-3,5-7H2,1H3. The van der Waals surface area contributed by atoms with E-state index in [9.17, 15) is 4.79 Å². The van der Waals surface area contributed by atoms with E-state index in [4.69, 9.17) is 4.74 Å². The van der Waals surface area contributed by atoms with E-state index in [1.165, 1.54) is 12.8 Å². The third-order valence-corrected chi connectivity index (χ3v) is 3.02. The number of esters is 1. The molecule has 1 fully saturated rings. The second-order valence-corrected chi connectivity index (χ2v) is 3.94. The van der Waals surface area contributed by atoms with Crippen LogP contribution in [0.15, 0.2) is 11.6 Å². The summed E-state index contributed by atoms with van der Waals surface area (Å²) < 4.78 is 4.95. The molecular formula is C11H16O2. The molecule has 0 aliphatic heterocycles. The van der Waals surface area contributed by atoms with Crippen molar-refractivity contribution in [2.75, 3.05) is 6.61 Å². The van der Waals surface area contributed by atoms with Gasteiger partial charge in [0.25, 0.3) is 0 Å². The van der Waals surface area contributed by atoms with Gasteiger partial charge < -0.3 is 4.74 Å². The van der Waals surface area contributed by atoms with Crippen molar-refractivity contribution >= 4 is 5.97 Å². The Kier molecular flexibility index (Phi) is 2.38. The first-order valence-corrected chi connectivity index (χ1v) is 5.15. The van der Waals surface area contributed by atoms with Gasteiger partial charge in [0.1, 0.15) is 0 Å². The lowest BCUT2D eigenvalue weighted by molar-refractivity contribution is -0.144. The van der Waals surface area contributed by atoms with Crippen LogP contribution in [0.2, 0.25) is 0 Å². The van der Waals surface area contributed by atoms with Crippen LogP contribution in [0, 0.1) is 11.8 Å². The summed E-state index contributed by atoms with van der Waals surface area (Å²) >= 11 is 0.